The van der Waals surface area contributed by atoms with E-state index in [2.05, 4.69) is 0 Å². The van der Waals surface area contributed by atoms with Crippen LogP contribution in [0.5, 0.6) is 0 Å². The third-order valence-electron chi connectivity index (χ3n) is 2.18. The lowest BCUT2D eigenvalue weighted by Crippen LogP contribution is -2.06. The van der Waals surface area contributed by atoms with Gasteiger partial charge in [0.15, 0.2) is 0 Å². The summed E-state index contributed by atoms with van der Waals surface area (Å²) in [6.07, 6.45) is 0. The number of nitrogen functional groups attached to an aromatic ring is 1. The Morgan fingerprint density at radius 1 is 1.18 bits per heavy atom. The first-order chi connectivity index (χ1) is 7.95. The van der Waals surface area contributed by atoms with E-state index in [0.29, 0.717) is 11.3 Å². The molecule has 1 aromatic rings. The Bertz CT molecular complexity index is 371. The van der Waals surface area contributed by atoms with Crippen molar-refractivity contribution in [1.82, 2.24) is 0 Å². The summed E-state index contributed by atoms with van der Waals surface area (Å²) in [7, 11) is 0. The second kappa shape index (κ2) is 8.74. The molecule has 0 spiro atoms. The summed E-state index contributed by atoms with van der Waals surface area (Å²) in [6.45, 7) is 13.0. The van der Waals surface area contributed by atoms with E-state index in [-0.39, 0.29) is 17.1 Å². The van der Waals surface area contributed by atoms with Crippen molar-refractivity contribution in [3.8, 4) is 0 Å². The van der Waals surface area contributed by atoms with E-state index < -0.39 is 0 Å². The van der Waals surface area contributed by atoms with Crippen LogP contribution in [0.4, 0.5) is 10.1 Å². The third kappa shape index (κ3) is 4.55. The number of hydrogen-bond acceptors (Lipinski definition) is 2. The fourth-order valence-electron chi connectivity index (χ4n) is 1.28. The van der Waals surface area contributed by atoms with Crippen LogP contribution in [-0.4, -0.2) is 5.71 Å². The fourth-order valence-corrected chi connectivity index (χ4v) is 1.28. The highest BCUT2D eigenvalue weighted by Crippen LogP contribution is 2.23. The summed E-state index contributed by atoms with van der Waals surface area (Å²) >= 11 is 0. The van der Waals surface area contributed by atoms with Gasteiger partial charge in [0.05, 0.1) is 5.56 Å². The minimum atomic E-state index is -0.370. The Kier molecular flexibility index (Phi) is 9.25. The molecule has 0 aliphatic rings. The van der Waals surface area contributed by atoms with Crippen molar-refractivity contribution in [2.24, 2.45) is 0 Å². The maximum absolute atomic E-state index is 13.6. The molecule has 0 aliphatic heterocycles. The summed E-state index contributed by atoms with van der Waals surface area (Å²) < 4.78 is 13.6. The highest BCUT2D eigenvalue weighted by atomic mass is 19.1. The van der Waals surface area contributed by atoms with Gasteiger partial charge < -0.3 is 11.1 Å². The van der Waals surface area contributed by atoms with Crippen molar-refractivity contribution in [2.45, 2.75) is 48.5 Å². The number of anilines is 1. The van der Waals surface area contributed by atoms with Gasteiger partial charge in [0.25, 0.3) is 0 Å². The fraction of sp³-hybridized carbons (Fsp3) is 0.500. The summed E-state index contributed by atoms with van der Waals surface area (Å²) in [5.74, 6) is -0.370. The maximum atomic E-state index is 13.6. The summed E-state index contributed by atoms with van der Waals surface area (Å²) in [6, 6.07) is 1.70. The van der Waals surface area contributed by atoms with Crippen LogP contribution in [0.25, 0.3) is 0 Å². The van der Waals surface area contributed by atoms with Crippen LogP contribution in [0.15, 0.2) is 6.07 Å². The highest BCUT2D eigenvalue weighted by molar-refractivity contribution is 6.01. The number of rotatable bonds is 1. The molecule has 0 saturated carbocycles. The Morgan fingerprint density at radius 3 is 1.94 bits per heavy atom. The lowest BCUT2D eigenvalue weighted by atomic mass is 10.0. The molecule has 0 fully saturated rings. The van der Waals surface area contributed by atoms with Crippen molar-refractivity contribution in [3.05, 3.63) is 28.6 Å². The summed E-state index contributed by atoms with van der Waals surface area (Å²) in [4.78, 5) is 0. The molecule has 3 heteroatoms. The molecule has 0 radical (unpaired) electrons. The first-order valence-electron chi connectivity index (χ1n) is 6.06. The maximum Gasteiger partial charge on any atom is 0.137 e. The van der Waals surface area contributed by atoms with E-state index in [9.17, 15) is 4.39 Å². The quantitative estimate of drug-likeness (QED) is 0.552. The molecule has 1 aromatic carbocycles. The molecule has 2 nitrogen and oxygen atoms in total. The zero-order valence-electron chi connectivity index (χ0n) is 12.0. The van der Waals surface area contributed by atoms with Crippen LogP contribution in [0.2, 0.25) is 0 Å². The van der Waals surface area contributed by atoms with Crippen LogP contribution in [0.1, 0.15) is 51.3 Å². The van der Waals surface area contributed by atoms with E-state index in [0.717, 1.165) is 5.56 Å². The van der Waals surface area contributed by atoms with E-state index in [1.165, 1.54) is 6.92 Å². The molecule has 0 aliphatic carbocycles. The van der Waals surface area contributed by atoms with Gasteiger partial charge in [-0.2, -0.15) is 0 Å². The van der Waals surface area contributed by atoms with Crippen molar-refractivity contribution >= 4 is 11.4 Å². The van der Waals surface area contributed by atoms with Gasteiger partial charge >= 0.3 is 0 Å². The zero-order valence-corrected chi connectivity index (χ0v) is 12.0. The standard InChI is InChI=1S/C10H13FN2.2C2H6/c1-5-4-8(13)9(7(3)12)10(11)6(5)2;2*1-2/h4,12H,13H2,1-3H3;2*1-2H3. The molecular formula is C14H25FN2. The van der Waals surface area contributed by atoms with Gasteiger partial charge in [-0.15, -0.1) is 0 Å². The smallest absolute Gasteiger partial charge is 0.137 e. The molecule has 1 rings (SSSR count). The van der Waals surface area contributed by atoms with Gasteiger partial charge in [-0.25, -0.2) is 4.39 Å². The molecule has 0 amide bonds. The molecule has 3 N–H and O–H groups in total. The van der Waals surface area contributed by atoms with Crippen LogP contribution in [-0.2, 0) is 0 Å². The largest absolute Gasteiger partial charge is 0.398 e. The molecule has 98 valence electrons. The Hall–Kier alpha value is -1.38. The molecule has 0 unspecified atom stereocenters. The lowest BCUT2D eigenvalue weighted by Gasteiger charge is -2.10. The van der Waals surface area contributed by atoms with Crippen LogP contribution in [0, 0.1) is 25.1 Å². The Morgan fingerprint density at radius 2 is 1.59 bits per heavy atom. The van der Waals surface area contributed by atoms with Crippen molar-refractivity contribution < 1.29 is 4.39 Å². The predicted molar refractivity (Wildman–Crippen MR) is 75.5 cm³/mol. The second-order valence-electron chi connectivity index (χ2n) is 3.22. The van der Waals surface area contributed by atoms with Gasteiger partial charge in [-0.05, 0) is 38.0 Å². The summed E-state index contributed by atoms with van der Waals surface area (Å²) in [5, 5.41) is 7.36. The second-order valence-corrected chi connectivity index (χ2v) is 3.22. The number of aryl methyl sites for hydroxylation is 1. The van der Waals surface area contributed by atoms with Gasteiger partial charge in [0.2, 0.25) is 0 Å². The number of nitrogens with one attached hydrogen (secondary N) is 1. The van der Waals surface area contributed by atoms with E-state index in [1.807, 2.05) is 27.7 Å². The Labute approximate surface area is 105 Å². The average molecular weight is 240 g/mol. The molecule has 0 atom stereocenters. The van der Waals surface area contributed by atoms with Gasteiger partial charge in [-0.3, -0.25) is 0 Å². The number of benzene rings is 1. The number of halogens is 1. The lowest BCUT2D eigenvalue weighted by molar-refractivity contribution is 0.615. The normalized spacial score (nSPS) is 8.47. The zero-order chi connectivity index (χ0) is 14.2. The molecule has 0 aromatic heterocycles. The van der Waals surface area contributed by atoms with Gasteiger partial charge in [-0.1, -0.05) is 27.7 Å². The van der Waals surface area contributed by atoms with E-state index in [4.69, 9.17) is 11.1 Å². The first kappa shape index (κ1) is 18.0. The van der Waals surface area contributed by atoms with Crippen molar-refractivity contribution in [3.63, 3.8) is 0 Å². The molecular weight excluding hydrogens is 215 g/mol. The third-order valence-corrected chi connectivity index (χ3v) is 2.18. The van der Waals surface area contributed by atoms with Crippen molar-refractivity contribution in [2.75, 3.05) is 5.73 Å². The molecule has 17 heavy (non-hydrogen) atoms. The van der Waals surface area contributed by atoms with Gasteiger partial charge in [0.1, 0.15) is 5.82 Å². The molecule has 0 bridgehead atoms. The monoisotopic (exact) mass is 240 g/mol. The van der Waals surface area contributed by atoms with Crippen molar-refractivity contribution in [1.29, 1.82) is 5.41 Å². The van der Waals surface area contributed by atoms with Crippen LogP contribution < -0.4 is 5.73 Å². The average Bonchev–Trinajstić information content (AvgIpc) is 2.31. The highest BCUT2D eigenvalue weighted by Gasteiger charge is 2.12. The molecule has 0 heterocycles. The number of nitrogens with two attached hydrogens (primary N) is 1. The summed E-state index contributed by atoms with van der Waals surface area (Å²) in [5.41, 5.74) is 7.73. The Balaban J connectivity index is 0. The topological polar surface area (TPSA) is 49.9 Å². The predicted octanol–water partition coefficient (Wildman–Crippen LogP) is 4.46. The van der Waals surface area contributed by atoms with Gasteiger partial charge in [0, 0.05) is 11.4 Å². The van der Waals surface area contributed by atoms with E-state index in [1.54, 1.807) is 19.9 Å². The molecule has 0 saturated heterocycles. The SMILES string of the molecule is CC.CC.CC(=N)c1c(N)cc(C)c(C)c1F. The number of hydrogen-bond donors (Lipinski definition) is 2. The van der Waals surface area contributed by atoms with Crippen LogP contribution in [0.3, 0.4) is 0 Å². The first-order valence-corrected chi connectivity index (χ1v) is 6.06. The van der Waals surface area contributed by atoms with Crippen LogP contribution >= 0.6 is 0 Å². The minimum absolute atomic E-state index is 0.165. The van der Waals surface area contributed by atoms with E-state index >= 15 is 0 Å². The minimum Gasteiger partial charge on any atom is -0.398 e.